The molecular formula is C14H19BrNO2+. The van der Waals surface area contributed by atoms with Gasteiger partial charge in [0, 0.05) is 10.0 Å². The lowest BCUT2D eigenvalue weighted by molar-refractivity contribution is -0.906. The van der Waals surface area contributed by atoms with Gasteiger partial charge in [0.05, 0.1) is 0 Å². The van der Waals surface area contributed by atoms with E-state index in [2.05, 4.69) is 29.8 Å². The molecule has 2 atom stereocenters. The highest BCUT2D eigenvalue weighted by molar-refractivity contribution is 9.10. The number of hydrogen-bond acceptors (Lipinski definition) is 2. The van der Waals surface area contributed by atoms with E-state index in [9.17, 15) is 4.79 Å². The Morgan fingerprint density at radius 2 is 1.94 bits per heavy atom. The predicted molar refractivity (Wildman–Crippen MR) is 74.0 cm³/mol. The van der Waals surface area contributed by atoms with E-state index < -0.39 is 0 Å². The summed E-state index contributed by atoms with van der Waals surface area (Å²) in [6, 6.07) is 7.61. The molecule has 1 aliphatic rings. The largest absolute Gasteiger partial charge is 0.364 e. The number of Topliss-reactive ketones (excluding diaryl/α,β-unsaturated/α-hetero) is 1. The second kappa shape index (κ2) is 5.95. The van der Waals surface area contributed by atoms with Crippen molar-refractivity contribution in [3.63, 3.8) is 0 Å². The first-order valence-corrected chi connectivity index (χ1v) is 7.12. The minimum atomic E-state index is 0.193. The number of benzene rings is 1. The van der Waals surface area contributed by atoms with Gasteiger partial charge in [-0.2, -0.15) is 0 Å². The molecule has 0 saturated carbocycles. The minimum absolute atomic E-state index is 0.193. The molecule has 4 heteroatoms. The van der Waals surface area contributed by atoms with Crippen LogP contribution in [0.3, 0.4) is 0 Å². The number of carbonyl (C=O) groups is 1. The number of ether oxygens (including phenoxy) is 1. The molecule has 3 nitrogen and oxygen atoms in total. The van der Waals surface area contributed by atoms with E-state index in [1.54, 1.807) is 0 Å². The van der Waals surface area contributed by atoms with Gasteiger partial charge in [-0.25, -0.2) is 0 Å². The Balaban J connectivity index is 2.01. The third-order valence-corrected chi connectivity index (χ3v) is 3.89. The summed E-state index contributed by atoms with van der Waals surface area (Å²) >= 11 is 3.43. The van der Waals surface area contributed by atoms with Gasteiger partial charge in [-0.05, 0) is 19.9 Å². The maximum atomic E-state index is 12.3. The zero-order chi connectivity index (χ0) is 13.1. The second-order valence-corrected chi connectivity index (χ2v) is 5.85. The molecule has 0 bridgehead atoms. The highest BCUT2D eigenvalue weighted by Crippen LogP contribution is 2.15. The van der Waals surface area contributed by atoms with Crippen LogP contribution in [0.25, 0.3) is 0 Å². The van der Waals surface area contributed by atoms with Crippen molar-refractivity contribution in [2.45, 2.75) is 26.1 Å². The van der Waals surface area contributed by atoms with Gasteiger partial charge in [-0.1, -0.05) is 34.1 Å². The standard InChI is InChI=1S/C14H18BrNO2/c1-10-7-16(8-11(2)18-10)9-14(17)12-5-3-4-6-13(12)15/h3-6,10-11H,7-9H2,1-2H3/p+1/t10-,11-/m1/s1. The molecule has 1 aromatic rings. The van der Waals surface area contributed by atoms with Crippen molar-refractivity contribution >= 4 is 21.7 Å². The Kier molecular flexibility index (Phi) is 4.54. The summed E-state index contributed by atoms with van der Waals surface area (Å²) in [5.41, 5.74) is 0.775. The number of ketones is 1. The number of hydrogen-bond donors (Lipinski definition) is 1. The van der Waals surface area contributed by atoms with Crippen molar-refractivity contribution < 1.29 is 14.4 Å². The predicted octanol–water partition coefficient (Wildman–Crippen LogP) is 1.32. The number of nitrogens with one attached hydrogen (secondary N) is 1. The summed E-state index contributed by atoms with van der Waals surface area (Å²) in [7, 11) is 0. The molecule has 1 saturated heterocycles. The van der Waals surface area contributed by atoms with E-state index in [0.717, 1.165) is 23.1 Å². The molecule has 0 radical (unpaired) electrons. The summed E-state index contributed by atoms with van der Waals surface area (Å²) < 4.78 is 6.56. The van der Waals surface area contributed by atoms with E-state index in [0.29, 0.717) is 6.54 Å². The molecule has 18 heavy (non-hydrogen) atoms. The quantitative estimate of drug-likeness (QED) is 0.854. The normalized spacial score (nSPS) is 28.1. The van der Waals surface area contributed by atoms with Crippen molar-refractivity contribution in [3.05, 3.63) is 34.3 Å². The van der Waals surface area contributed by atoms with Crippen LogP contribution in [0, 0.1) is 0 Å². The molecular weight excluding hydrogens is 294 g/mol. The number of carbonyl (C=O) groups excluding carboxylic acids is 1. The molecule has 0 amide bonds. The van der Waals surface area contributed by atoms with Gasteiger partial charge in [0.1, 0.15) is 31.8 Å². The SMILES string of the molecule is C[C@@H]1C[NH+](CC(=O)c2ccccc2Br)C[C@@H](C)O1. The minimum Gasteiger partial charge on any atom is -0.364 e. The highest BCUT2D eigenvalue weighted by Gasteiger charge is 2.27. The number of quaternary nitrogens is 1. The van der Waals surface area contributed by atoms with E-state index in [1.165, 1.54) is 4.90 Å². The summed E-state index contributed by atoms with van der Waals surface area (Å²) in [6.45, 7) is 6.48. The van der Waals surface area contributed by atoms with E-state index in [1.807, 2.05) is 24.3 Å². The monoisotopic (exact) mass is 312 g/mol. The van der Waals surface area contributed by atoms with Gasteiger partial charge in [-0.3, -0.25) is 4.79 Å². The van der Waals surface area contributed by atoms with Gasteiger partial charge >= 0.3 is 0 Å². The molecule has 0 unspecified atom stereocenters. The number of morpholine rings is 1. The average molecular weight is 313 g/mol. The van der Waals surface area contributed by atoms with Crippen LogP contribution in [-0.4, -0.2) is 37.6 Å². The van der Waals surface area contributed by atoms with Crippen molar-refractivity contribution in [3.8, 4) is 0 Å². The van der Waals surface area contributed by atoms with Crippen LogP contribution in [0.2, 0.25) is 0 Å². The molecule has 0 aromatic heterocycles. The lowest BCUT2D eigenvalue weighted by atomic mass is 10.1. The number of rotatable bonds is 3. The third-order valence-electron chi connectivity index (χ3n) is 3.20. The molecule has 2 rings (SSSR count). The smallest absolute Gasteiger partial charge is 0.217 e. The fourth-order valence-electron chi connectivity index (χ4n) is 2.54. The molecule has 1 N–H and O–H groups in total. The average Bonchev–Trinajstić information content (AvgIpc) is 2.27. The first kappa shape index (κ1) is 13.7. The van der Waals surface area contributed by atoms with Gasteiger partial charge in [-0.15, -0.1) is 0 Å². The molecule has 0 aliphatic carbocycles. The van der Waals surface area contributed by atoms with E-state index in [4.69, 9.17) is 4.74 Å². The summed E-state index contributed by atoms with van der Waals surface area (Å²) in [6.07, 6.45) is 0.464. The van der Waals surface area contributed by atoms with Crippen LogP contribution in [0.4, 0.5) is 0 Å². The summed E-state index contributed by atoms with van der Waals surface area (Å²) in [5.74, 6) is 0.193. The first-order chi connectivity index (χ1) is 8.56. The van der Waals surface area contributed by atoms with Crippen LogP contribution in [0.1, 0.15) is 24.2 Å². The molecule has 1 fully saturated rings. The Morgan fingerprint density at radius 3 is 2.56 bits per heavy atom. The van der Waals surface area contributed by atoms with E-state index >= 15 is 0 Å². The van der Waals surface area contributed by atoms with Crippen molar-refractivity contribution in [2.75, 3.05) is 19.6 Å². The van der Waals surface area contributed by atoms with Crippen molar-refractivity contribution in [1.29, 1.82) is 0 Å². The Morgan fingerprint density at radius 1 is 1.33 bits per heavy atom. The highest BCUT2D eigenvalue weighted by atomic mass is 79.9. The van der Waals surface area contributed by atoms with Gasteiger partial charge in [0.25, 0.3) is 0 Å². The maximum Gasteiger partial charge on any atom is 0.217 e. The maximum absolute atomic E-state index is 12.3. The fraction of sp³-hybridized carbons (Fsp3) is 0.500. The Bertz CT molecular complexity index is 426. The molecule has 1 aromatic carbocycles. The lowest BCUT2D eigenvalue weighted by Gasteiger charge is -2.32. The van der Waals surface area contributed by atoms with Crippen LogP contribution in [-0.2, 0) is 4.74 Å². The second-order valence-electron chi connectivity index (χ2n) is 5.00. The molecule has 1 aliphatic heterocycles. The van der Waals surface area contributed by atoms with Crippen LogP contribution >= 0.6 is 15.9 Å². The van der Waals surface area contributed by atoms with Gasteiger partial charge < -0.3 is 9.64 Å². The molecule has 0 spiro atoms. The topological polar surface area (TPSA) is 30.7 Å². The Labute approximate surface area is 116 Å². The van der Waals surface area contributed by atoms with Crippen molar-refractivity contribution in [1.82, 2.24) is 0 Å². The van der Waals surface area contributed by atoms with Crippen molar-refractivity contribution in [2.24, 2.45) is 0 Å². The zero-order valence-electron chi connectivity index (χ0n) is 10.8. The fourth-order valence-corrected chi connectivity index (χ4v) is 3.05. The van der Waals surface area contributed by atoms with E-state index in [-0.39, 0.29) is 18.0 Å². The Hall–Kier alpha value is -0.710. The number of halogens is 1. The first-order valence-electron chi connectivity index (χ1n) is 6.33. The molecule has 1 heterocycles. The molecule has 98 valence electrons. The summed E-state index contributed by atoms with van der Waals surface area (Å²) in [4.78, 5) is 13.6. The van der Waals surface area contributed by atoms with Gasteiger partial charge in [0.2, 0.25) is 5.78 Å². The summed E-state index contributed by atoms with van der Waals surface area (Å²) in [5, 5.41) is 0. The third kappa shape index (κ3) is 3.40. The van der Waals surface area contributed by atoms with Crippen LogP contribution < -0.4 is 4.90 Å². The lowest BCUT2D eigenvalue weighted by Crippen LogP contribution is -3.16. The van der Waals surface area contributed by atoms with Crippen LogP contribution in [0.5, 0.6) is 0 Å². The zero-order valence-corrected chi connectivity index (χ0v) is 12.4. The van der Waals surface area contributed by atoms with Crippen LogP contribution in [0.15, 0.2) is 28.7 Å². The van der Waals surface area contributed by atoms with Gasteiger partial charge in [0.15, 0.2) is 0 Å².